The summed E-state index contributed by atoms with van der Waals surface area (Å²) in [6, 6.07) is 0.581. The van der Waals surface area contributed by atoms with Crippen molar-refractivity contribution in [2.24, 2.45) is 0 Å². The molecule has 1 rings (SSSR count). The second-order valence-electron chi connectivity index (χ2n) is 4.07. The summed E-state index contributed by atoms with van der Waals surface area (Å²) in [5.74, 6) is 1.22. The third-order valence-corrected chi connectivity index (χ3v) is 4.11. The van der Waals surface area contributed by atoms with Crippen molar-refractivity contribution in [3.63, 3.8) is 0 Å². The Hall–Kier alpha value is -0.260. The lowest BCUT2D eigenvalue weighted by molar-refractivity contribution is 0.540. The van der Waals surface area contributed by atoms with Gasteiger partial charge in [-0.1, -0.05) is 0 Å². The van der Waals surface area contributed by atoms with E-state index in [1.165, 1.54) is 17.1 Å². The maximum Gasteiger partial charge on any atom is 0.185 e. The van der Waals surface area contributed by atoms with Crippen LogP contribution in [0.4, 0.5) is 5.13 Å². The van der Waals surface area contributed by atoms with Crippen LogP contribution in [0.2, 0.25) is 0 Å². The van der Waals surface area contributed by atoms with Gasteiger partial charge in [-0.05, 0) is 25.4 Å². The van der Waals surface area contributed by atoms with E-state index in [2.05, 4.69) is 23.5 Å². The number of anilines is 1. The second-order valence-corrected chi connectivity index (χ2v) is 6.15. The molecule has 0 radical (unpaired) electrons. The predicted octanol–water partition coefficient (Wildman–Crippen LogP) is 2.44. The molecule has 0 aliphatic rings. The van der Waals surface area contributed by atoms with E-state index in [9.17, 15) is 0 Å². The molecule has 1 heterocycles. The monoisotopic (exact) mass is 259 g/mol. The Bertz CT molecular complexity index is 299. The second kappa shape index (κ2) is 7.14. The van der Waals surface area contributed by atoms with Gasteiger partial charge in [-0.3, -0.25) is 0 Å². The molecule has 0 saturated carbocycles. The Morgan fingerprint density at radius 3 is 2.88 bits per heavy atom. The van der Waals surface area contributed by atoms with Gasteiger partial charge < -0.3 is 10.2 Å². The lowest BCUT2D eigenvalue weighted by Gasteiger charge is -2.11. The summed E-state index contributed by atoms with van der Waals surface area (Å²) >= 11 is 3.66. The Kier molecular flexibility index (Phi) is 6.16. The van der Waals surface area contributed by atoms with Gasteiger partial charge in [0, 0.05) is 37.8 Å². The predicted molar refractivity (Wildman–Crippen MR) is 75.7 cm³/mol. The van der Waals surface area contributed by atoms with Crippen molar-refractivity contribution in [1.29, 1.82) is 0 Å². The quantitative estimate of drug-likeness (QED) is 0.814. The van der Waals surface area contributed by atoms with Crippen LogP contribution in [-0.4, -0.2) is 37.1 Å². The van der Waals surface area contributed by atoms with Crippen LogP contribution in [0.15, 0.2) is 6.20 Å². The van der Waals surface area contributed by atoms with Gasteiger partial charge in [-0.25, -0.2) is 4.98 Å². The van der Waals surface area contributed by atoms with Crippen molar-refractivity contribution in [2.75, 3.05) is 31.0 Å². The maximum absolute atomic E-state index is 4.36. The van der Waals surface area contributed by atoms with Gasteiger partial charge >= 0.3 is 0 Å². The van der Waals surface area contributed by atoms with E-state index in [1.807, 2.05) is 37.0 Å². The van der Waals surface area contributed by atoms with Gasteiger partial charge in [0.1, 0.15) is 0 Å². The number of hydrogen-bond donors (Lipinski definition) is 1. The highest BCUT2D eigenvalue weighted by atomic mass is 32.2. The van der Waals surface area contributed by atoms with Gasteiger partial charge in [0.2, 0.25) is 0 Å². The number of thioether (sulfide) groups is 1. The normalized spacial score (nSPS) is 12.8. The minimum Gasteiger partial charge on any atom is -0.354 e. The van der Waals surface area contributed by atoms with E-state index >= 15 is 0 Å². The number of aromatic nitrogens is 1. The Morgan fingerprint density at radius 2 is 2.31 bits per heavy atom. The molecule has 0 fully saturated rings. The lowest BCUT2D eigenvalue weighted by atomic mass is 10.2. The molecule has 0 saturated heterocycles. The van der Waals surface area contributed by atoms with Gasteiger partial charge in [0.05, 0.1) is 0 Å². The molecule has 0 amide bonds. The molecule has 5 heteroatoms. The highest BCUT2D eigenvalue weighted by molar-refractivity contribution is 7.98. The molecule has 0 aliphatic heterocycles. The molecule has 1 unspecified atom stereocenters. The van der Waals surface area contributed by atoms with Crippen LogP contribution < -0.4 is 10.2 Å². The summed E-state index contributed by atoms with van der Waals surface area (Å²) in [5, 5.41) is 4.60. The third-order valence-electron chi connectivity index (χ3n) is 2.30. The highest BCUT2D eigenvalue weighted by Crippen LogP contribution is 2.20. The lowest BCUT2D eigenvalue weighted by Crippen LogP contribution is -2.25. The zero-order valence-corrected chi connectivity index (χ0v) is 12.1. The first kappa shape index (κ1) is 13.8. The van der Waals surface area contributed by atoms with Crippen molar-refractivity contribution in [1.82, 2.24) is 10.3 Å². The van der Waals surface area contributed by atoms with Crippen molar-refractivity contribution < 1.29 is 0 Å². The molecule has 0 bridgehead atoms. The van der Waals surface area contributed by atoms with E-state index in [-0.39, 0.29) is 0 Å². The molecular weight excluding hydrogens is 238 g/mol. The maximum atomic E-state index is 4.36. The van der Waals surface area contributed by atoms with Gasteiger partial charge in [0.25, 0.3) is 0 Å². The molecule has 0 spiro atoms. The fourth-order valence-electron chi connectivity index (χ4n) is 1.26. The summed E-state index contributed by atoms with van der Waals surface area (Å²) in [4.78, 5) is 7.71. The SMILES string of the molecule is CSCCC(C)NCc1cnc(N(C)C)s1. The number of nitrogens with one attached hydrogen (secondary N) is 1. The fourth-order valence-corrected chi connectivity index (χ4v) is 2.63. The molecular formula is C11H21N3S2. The number of rotatable bonds is 7. The van der Waals surface area contributed by atoms with Crippen LogP contribution in [0.5, 0.6) is 0 Å². The highest BCUT2D eigenvalue weighted by Gasteiger charge is 2.05. The topological polar surface area (TPSA) is 28.2 Å². The van der Waals surface area contributed by atoms with Crippen LogP contribution >= 0.6 is 23.1 Å². The minimum absolute atomic E-state index is 0.581. The zero-order chi connectivity index (χ0) is 12.0. The van der Waals surface area contributed by atoms with Gasteiger partial charge in [0.15, 0.2) is 5.13 Å². The van der Waals surface area contributed by atoms with Gasteiger partial charge in [-0.15, -0.1) is 11.3 Å². The molecule has 1 aromatic heterocycles. The molecule has 1 atom stereocenters. The summed E-state index contributed by atoms with van der Waals surface area (Å²) in [6.07, 6.45) is 5.34. The third kappa shape index (κ3) is 4.72. The van der Waals surface area contributed by atoms with Crippen molar-refractivity contribution in [3.8, 4) is 0 Å². The summed E-state index contributed by atoms with van der Waals surface area (Å²) < 4.78 is 0. The number of hydrogen-bond acceptors (Lipinski definition) is 5. The van der Waals surface area contributed by atoms with E-state index in [4.69, 9.17) is 0 Å². The van der Waals surface area contributed by atoms with E-state index in [0.29, 0.717) is 6.04 Å². The molecule has 16 heavy (non-hydrogen) atoms. The molecule has 0 aliphatic carbocycles. The van der Waals surface area contributed by atoms with Crippen LogP contribution in [0.3, 0.4) is 0 Å². The largest absolute Gasteiger partial charge is 0.354 e. The first-order valence-corrected chi connectivity index (χ1v) is 7.69. The van der Waals surface area contributed by atoms with Gasteiger partial charge in [-0.2, -0.15) is 11.8 Å². The Balaban J connectivity index is 2.31. The summed E-state index contributed by atoms with van der Waals surface area (Å²) in [7, 11) is 4.05. The van der Waals surface area contributed by atoms with Crippen LogP contribution in [0, 0.1) is 0 Å². The smallest absolute Gasteiger partial charge is 0.185 e. The molecule has 1 N–H and O–H groups in total. The fraction of sp³-hybridized carbons (Fsp3) is 0.727. The number of nitrogens with zero attached hydrogens (tertiary/aromatic N) is 2. The molecule has 0 aromatic carbocycles. The molecule has 92 valence electrons. The standard InChI is InChI=1S/C11H21N3S2/c1-9(5-6-15-4)12-7-10-8-13-11(16-10)14(2)3/h8-9,12H,5-7H2,1-4H3. The van der Waals surface area contributed by atoms with Crippen LogP contribution in [0.1, 0.15) is 18.2 Å². The Labute approximate surface area is 107 Å². The first-order chi connectivity index (χ1) is 7.63. The van der Waals surface area contributed by atoms with Crippen molar-refractivity contribution >= 4 is 28.2 Å². The zero-order valence-electron chi connectivity index (χ0n) is 10.5. The van der Waals surface area contributed by atoms with Crippen LogP contribution in [-0.2, 0) is 6.54 Å². The average molecular weight is 259 g/mol. The first-order valence-electron chi connectivity index (χ1n) is 5.48. The summed E-state index contributed by atoms with van der Waals surface area (Å²) in [6.45, 7) is 3.17. The molecule has 3 nitrogen and oxygen atoms in total. The van der Waals surface area contributed by atoms with E-state index < -0.39 is 0 Å². The van der Waals surface area contributed by atoms with E-state index in [1.54, 1.807) is 11.3 Å². The average Bonchev–Trinajstić information content (AvgIpc) is 2.72. The Morgan fingerprint density at radius 1 is 1.56 bits per heavy atom. The summed E-state index contributed by atoms with van der Waals surface area (Å²) in [5.41, 5.74) is 0. The van der Waals surface area contributed by atoms with Crippen molar-refractivity contribution in [3.05, 3.63) is 11.1 Å². The minimum atomic E-state index is 0.581. The number of thiazole rings is 1. The molecule has 1 aromatic rings. The van der Waals surface area contributed by atoms with E-state index in [0.717, 1.165) is 11.7 Å². The van der Waals surface area contributed by atoms with Crippen molar-refractivity contribution in [2.45, 2.75) is 25.9 Å². The van der Waals surface area contributed by atoms with Crippen LogP contribution in [0.25, 0.3) is 0 Å².